The van der Waals surface area contributed by atoms with Gasteiger partial charge >= 0.3 is 0 Å². The van der Waals surface area contributed by atoms with E-state index in [4.69, 9.17) is 11.6 Å². The number of benzene rings is 1. The van der Waals surface area contributed by atoms with Crippen LogP contribution in [0.15, 0.2) is 36.7 Å². The van der Waals surface area contributed by atoms with Gasteiger partial charge in [-0.1, -0.05) is 11.6 Å². The Morgan fingerprint density at radius 2 is 2.11 bits per heavy atom. The Bertz CT molecular complexity index is 654. The van der Waals surface area contributed by atoms with Crippen LogP contribution in [0.3, 0.4) is 0 Å². The normalized spacial score (nSPS) is 11.3. The van der Waals surface area contributed by atoms with Gasteiger partial charge in [-0.05, 0) is 29.8 Å². The molecule has 2 rings (SSSR count). The Balaban J connectivity index is 2.13. The van der Waals surface area contributed by atoms with Crippen LogP contribution in [0.25, 0.3) is 0 Å². The van der Waals surface area contributed by atoms with E-state index < -0.39 is 10.0 Å². The van der Waals surface area contributed by atoms with Crippen LogP contribution < -0.4 is 10.0 Å². The number of halogens is 1. The fraction of sp³-hybridized carbons (Fsp3) is 0.167. The zero-order valence-corrected chi connectivity index (χ0v) is 11.8. The minimum absolute atomic E-state index is 0.475. The van der Waals surface area contributed by atoms with Crippen LogP contribution in [0.1, 0.15) is 5.56 Å². The maximum atomic E-state index is 11.2. The summed E-state index contributed by atoms with van der Waals surface area (Å²) in [7, 11) is -3.29. The zero-order chi connectivity index (χ0) is 13.9. The number of rotatable bonds is 5. The summed E-state index contributed by atoms with van der Waals surface area (Å²) in [5.74, 6) is 0. The van der Waals surface area contributed by atoms with E-state index in [0.29, 0.717) is 22.9 Å². The quantitative estimate of drug-likeness (QED) is 0.794. The highest BCUT2D eigenvalue weighted by Crippen LogP contribution is 2.26. The summed E-state index contributed by atoms with van der Waals surface area (Å²) < 4.78 is 24.8. The molecular formula is C12H14ClN3O2S. The van der Waals surface area contributed by atoms with Crippen LogP contribution in [0, 0.1) is 0 Å². The van der Waals surface area contributed by atoms with Crippen molar-refractivity contribution in [3.05, 3.63) is 47.2 Å². The first-order valence-electron chi connectivity index (χ1n) is 5.57. The third-order valence-electron chi connectivity index (χ3n) is 2.41. The smallest absolute Gasteiger partial charge is 0.229 e. The molecule has 0 saturated carbocycles. The molecule has 0 spiro atoms. The molecular weight excluding hydrogens is 286 g/mol. The molecule has 1 aromatic heterocycles. The SMILES string of the molecule is CS(=O)(=O)Nc1ccc(Cl)c(NCc2cc[nH]c2)c1. The van der Waals surface area contributed by atoms with Gasteiger partial charge in [-0.2, -0.15) is 0 Å². The molecule has 5 nitrogen and oxygen atoms in total. The number of anilines is 2. The lowest BCUT2D eigenvalue weighted by molar-refractivity contribution is 0.607. The van der Waals surface area contributed by atoms with Crippen molar-refractivity contribution in [1.82, 2.24) is 4.98 Å². The number of H-pyrrole nitrogens is 1. The van der Waals surface area contributed by atoms with Gasteiger partial charge in [-0.15, -0.1) is 0 Å². The molecule has 0 aliphatic rings. The van der Waals surface area contributed by atoms with Gasteiger partial charge in [0.1, 0.15) is 0 Å². The van der Waals surface area contributed by atoms with Gasteiger partial charge in [-0.3, -0.25) is 4.72 Å². The number of aromatic nitrogens is 1. The predicted molar refractivity (Wildman–Crippen MR) is 78.0 cm³/mol. The van der Waals surface area contributed by atoms with Gasteiger partial charge < -0.3 is 10.3 Å². The minimum atomic E-state index is -3.29. The molecule has 3 N–H and O–H groups in total. The van der Waals surface area contributed by atoms with E-state index in [0.717, 1.165) is 11.8 Å². The van der Waals surface area contributed by atoms with Crippen molar-refractivity contribution < 1.29 is 8.42 Å². The topological polar surface area (TPSA) is 74.0 Å². The average molecular weight is 300 g/mol. The molecule has 0 unspecified atom stereocenters. The fourth-order valence-electron chi connectivity index (χ4n) is 1.60. The van der Waals surface area contributed by atoms with E-state index in [-0.39, 0.29) is 0 Å². The predicted octanol–water partition coefficient (Wildman–Crippen LogP) is 2.65. The van der Waals surface area contributed by atoms with Crippen molar-refractivity contribution >= 4 is 33.0 Å². The summed E-state index contributed by atoms with van der Waals surface area (Å²) in [6, 6.07) is 6.87. The second-order valence-corrected chi connectivity index (χ2v) is 6.30. The summed E-state index contributed by atoms with van der Waals surface area (Å²) in [6.07, 6.45) is 4.81. The molecule has 0 bridgehead atoms. The number of sulfonamides is 1. The third-order valence-corrected chi connectivity index (χ3v) is 3.35. The van der Waals surface area contributed by atoms with Gasteiger partial charge in [0.25, 0.3) is 0 Å². The Morgan fingerprint density at radius 3 is 2.74 bits per heavy atom. The maximum absolute atomic E-state index is 11.2. The monoisotopic (exact) mass is 299 g/mol. The molecule has 102 valence electrons. The average Bonchev–Trinajstić information content (AvgIpc) is 2.81. The number of aromatic amines is 1. The summed E-state index contributed by atoms with van der Waals surface area (Å²) in [5, 5.41) is 3.69. The van der Waals surface area contributed by atoms with Gasteiger partial charge in [0, 0.05) is 18.9 Å². The molecule has 7 heteroatoms. The van der Waals surface area contributed by atoms with E-state index in [2.05, 4.69) is 15.0 Å². The fourth-order valence-corrected chi connectivity index (χ4v) is 2.34. The van der Waals surface area contributed by atoms with Crippen molar-refractivity contribution in [3.63, 3.8) is 0 Å². The van der Waals surface area contributed by atoms with Gasteiger partial charge in [0.15, 0.2) is 0 Å². The first-order valence-corrected chi connectivity index (χ1v) is 7.84. The summed E-state index contributed by atoms with van der Waals surface area (Å²) in [6.45, 7) is 0.603. The van der Waals surface area contributed by atoms with Crippen LogP contribution in [0.5, 0.6) is 0 Å². The number of hydrogen-bond acceptors (Lipinski definition) is 3. The van der Waals surface area contributed by atoms with Crippen molar-refractivity contribution in [2.75, 3.05) is 16.3 Å². The van der Waals surface area contributed by atoms with Crippen molar-refractivity contribution in [2.24, 2.45) is 0 Å². The van der Waals surface area contributed by atoms with Gasteiger partial charge in [0.05, 0.1) is 22.7 Å². The van der Waals surface area contributed by atoms with Crippen LogP contribution in [-0.2, 0) is 16.6 Å². The molecule has 0 aliphatic heterocycles. The van der Waals surface area contributed by atoms with E-state index in [9.17, 15) is 8.42 Å². The molecule has 0 saturated heterocycles. The van der Waals surface area contributed by atoms with E-state index in [1.165, 1.54) is 0 Å². The lowest BCUT2D eigenvalue weighted by atomic mass is 10.2. The zero-order valence-electron chi connectivity index (χ0n) is 10.3. The van der Waals surface area contributed by atoms with Gasteiger partial charge in [-0.25, -0.2) is 8.42 Å². The van der Waals surface area contributed by atoms with E-state index in [1.807, 2.05) is 18.5 Å². The highest BCUT2D eigenvalue weighted by Gasteiger charge is 2.06. The van der Waals surface area contributed by atoms with Crippen LogP contribution in [-0.4, -0.2) is 19.7 Å². The van der Waals surface area contributed by atoms with Crippen molar-refractivity contribution in [2.45, 2.75) is 6.54 Å². The Labute approximate surface area is 117 Å². The molecule has 0 atom stereocenters. The molecule has 2 aromatic rings. The molecule has 0 fully saturated rings. The largest absolute Gasteiger partial charge is 0.380 e. The molecule has 19 heavy (non-hydrogen) atoms. The van der Waals surface area contributed by atoms with Crippen molar-refractivity contribution in [1.29, 1.82) is 0 Å². The van der Waals surface area contributed by atoms with Gasteiger partial charge in [0.2, 0.25) is 10.0 Å². The molecule has 1 heterocycles. The van der Waals surface area contributed by atoms with Crippen LogP contribution >= 0.6 is 11.6 Å². The van der Waals surface area contributed by atoms with Crippen molar-refractivity contribution in [3.8, 4) is 0 Å². The second kappa shape index (κ2) is 5.54. The Morgan fingerprint density at radius 1 is 1.32 bits per heavy atom. The van der Waals surface area contributed by atoms with Crippen LogP contribution in [0.4, 0.5) is 11.4 Å². The second-order valence-electron chi connectivity index (χ2n) is 4.14. The molecule has 0 aliphatic carbocycles. The summed E-state index contributed by atoms with van der Waals surface area (Å²) >= 11 is 6.06. The van der Waals surface area contributed by atoms with E-state index >= 15 is 0 Å². The third kappa shape index (κ3) is 4.18. The number of hydrogen-bond donors (Lipinski definition) is 3. The lowest BCUT2D eigenvalue weighted by Gasteiger charge is -2.10. The van der Waals surface area contributed by atoms with E-state index in [1.54, 1.807) is 18.2 Å². The Kier molecular flexibility index (Phi) is 4.01. The Hall–Kier alpha value is -1.66. The maximum Gasteiger partial charge on any atom is 0.229 e. The summed E-state index contributed by atoms with van der Waals surface area (Å²) in [5.41, 5.74) is 2.23. The molecule has 0 radical (unpaired) electrons. The highest BCUT2D eigenvalue weighted by atomic mass is 35.5. The first-order chi connectivity index (χ1) is 8.94. The summed E-state index contributed by atoms with van der Waals surface area (Å²) in [4.78, 5) is 2.96. The highest BCUT2D eigenvalue weighted by molar-refractivity contribution is 7.92. The lowest BCUT2D eigenvalue weighted by Crippen LogP contribution is -2.10. The molecule has 0 amide bonds. The standard InChI is InChI=1S/C12H14ClN3O2S/c1-19(17,18)16-10-2-3-11(13)12(6-10)15-8-9-4-5-14-7-9/h2-7,14-16H,8H2,1H3. The first kappa shape index (κ1) is 13.8. The van der Waals surface area contributed by atoms with Crippen LogP contribution in [0.2, 0.25) is 5.02 Å². The minimum Gasteiger partial charge on any atom is -0.380 e. The molecule has 1 aromatic carbocycles. The number of nitrogens with one attached hydrogen (secondary N) is 3.